The Bertz CT molecular complexity index is 470. The highest BCUT2D eigenvalue weighted by Crippen LogP contribution is 2.25. The predicted octanol–water partition coefficient (Wildman–Crippen LogP) is 2.39. The van der Waals surface area contributed by atoms with Gasteiger partial charge in [0, 0.05) is 19.2 Å². The Hall–Kier alpha value is -1.75. The average molecular weight is 280 g/mol. The number of carboxylic acid groups (broad SMARTS) is 1. The van der Waals surface area contributed by atoms with Gasteiger partial charge >= 0.3 is 5.97 Å². The molecule has 0 saturated heterocycles. The van der Waals surface area contributed by atoms with Gasteiger partial charge in [0.15, 0.2) is 0 Å². The van der Waals surface area contributed by atoms with E-state index in [2.05, 4.69) is 24.1 Å². The van der Waals surface area contributed by atoms with Crippen molar-refractivity contribution in [3.8, 4) is 5.75 Å². The zero-order valence-corrected chi connectivity index (χ0v) is 12.9. The number of carboxylic acids is 1. The molecule has 1 rings (SSSR count). The van der Waals surface area contributed by atoms with Gasteiger partial charge in [-0.2, -0.15) is 0 Å². The van der Waals surface area contributed by atoms with Gasteiger partial charge in [0.05, 0.1) is 18.4 Å². The molecule has 0 spiro atoms. The number of benzene rings is 1. The third-order valence-corrected chi connectivity index (χ3v) is 2.96. The first-order chi connectivity index (χ1) is 9.25. The molecule has 1 aromatic carbocycles. The quantitative estimate of drug-likeness (QED) is 0.803. The van der Waals surface area contributed by atoms with Crippen LogP contribution in [0.25, 0.3) is 0 Å². The monoisotopic (exact) mass is 280 g/mol. The summed E-state index contributed by atoms with van der Waals surface area (Å²) >= 11 is 0. The van der Waals surface area contributed by atoms with Crippen molar-refractivity contribution in [3.63, 3.8) is 0 Å². The van der Waals surface area contributed by atoms with Gasteiger partial charge in [0.1, 0.15) is 5.75 Å². The zero-order chi connectivity index (χ0) is 15.3. The van der Waals surface area contributed by atoms with Crippen LogP contribution in [0.15, 0.2) is 18.2 Å². The highest BCUT2D eigenvalue weighted by Gasteiger charge is 2.20. The number of methoxy groups -OCH3 is 1. The van der Waals surface area contributed by atoms with Gasteiger partial charge in [0.2, 0.25) is 0 Å². The molecular weight excluding hydrogens is 256 g/mol. The van der Waals surface area contributed by atoms with Gasteiger partial charge in [-0.3, -0.25) is 0 Å². The van der Waals surface area contributed by atoms with Crippen LogP contribution in [0.5, 0.6) is 5.75 Å². The van der Waals surface area contributed by atoms with Gasteiger partial charge in [-0.1, -0.05) is 13.8 Å². The molecule has 112 valence electrons. The molecule has 0 aliphatic rings. The third-order valence-electron chi connectivity index (χ3n) is 2.96. The van der Waals surface area contributed by atoms with Crippen LogP contribution in [0.1, 0.15) is 24.2 Å². The summed E-state index contributed by atoms with van der Waals surface area (Å²) in [6, 6.07) is 4.93. The molecule has 0 amide bonds. The van der Waals surface area contributed by atoms with Gasteiger partial charge in [-0.25, -0.2) is 4.79 Å². The summed E-state index contributed by atoms with van der Waals surface area (Å²) in [6.07, 6.45) is 0. The summed E-state index contributed by atoms with van der Waals surface area (Å²) in [5, 5.41) is 12.4. The van der Waals surface area contributed by atoms with Crippen molar-refractivity contribution in [2.45, 2.75) is 13.8 Å². The Balaban J connectivity index is 2.87. The largest absolute Gasteiger partial charge is 0.497 e. The van der Waals surface area contributed by atoms with Crippen molar-refractivity contribution in [2.24, 2.45) is 5.41 Å². The Morgan fingerprint density at radius 2 is 2.05 bits per heavy atom. The van der Waals surface area contributed by atoms with E-state index in [1.807, 2.05) is 14.1 Å². The lowest BCUT2D eigenvalue weighted by Crippen LogP contribution is -2.34. The van der Waals surface area contributed by atoms with Crippen molar-refractivity contribution < 1.29 is 14.6 Å². The van der Waals surface area contributed by atoms with E-state index >= 15 is 0 Å². The number of carbonyl (C=O) groups is 1. The van der Waals surface area contributed by atoms with Gasteiger partial charge in [-0.15, -0.1) is 0 Å². The summed E-state index contributed by atoms with van der Waals surface area (Å²) in [5.41, 5.74) is 0.873. The Labute approximate surface area is 120 Å². The lowest BCUT2D eigenvalue weighted by atomic mass is 9.92. The second-order valence-electron chi connectivity index (χ2n) is 5.97. The molecule has 0 unspecified atom stereocenters. The summed E-state index contributed by atoms with van der Waals surface area (Å²) in [6.45, 7) is 5.87. The average Bonchev–Trinajstić information content (AvgIpc) is 2.34. The molecule has 0 atom stereocenters. The Morgan fingerprint density at radius 3 is 2.55 bits per heavy atom. The smallest absolute Gasteiger partial charge is 0.337 e. The summed E-state index contributed by atoms with van der Waals surface area (Å²) in [5.74, 6) is -0.302. The topological polar surface area (TPSA) is 61.8 Å². The number of rotatable bonds is 7. The molecule has 2 N–H and O–H groups in total. The van der Waals surface area contributed by atoms with Crippen molar-refractivity contribution >= 4 is 11.7 Å². The summed E-state index contributed by atoms with van der Waals surface area (Å²) < 4.78 is 5.14. The van der Waals surface area contributed by atoms with Crippen LogP contribution in [0, 0.1) is 5.41 Å². The van der Waals surface area contributed by atoms with Gasteiger partial charge in [-0.05, 0) is 31.6 Å². The number of nitrogens with one attached hydrogen (secondary N) is 1. The number of anilines is 1. The second-order valence-corrected chi connectivity index (χ2v) is 5.97. The van der Waals surface area contributed by atoms with Crippen molar-refractivity contribution in [1.82, 2.24) is 4.90 Å². The summed E-state index contributed by atoms with van der Waals surface area (Å²) in [4.78, 5) is 13.4. The fourth-order valence-electron chi connectivity index (χ4n) is 2.23. The number of nitrogens with zero attached hydrogens (tertiary/aromatic N) is 1. The first-order valence-corrected chi connectivity index (χ1v) is 6.55. The third kappa shape index (κ3) is 4.74. The molecule has 0 heterocycles. The minimum atomic E-state index is -0.944. The minimum absolute atomic E-state index is 0.0301. The highest BCUT2D eigenvalue weighted by atomic mass is 16.5. The van der Waals surface area contributed by atoms with Crippen LogP contribution in [-0.2, 0) is 0 Å². The lowest BCUT2D eigenvalue weighted by molar-refractivity contribution is 0.0698. The van der Waals surface area contributed by atoms with Crippen LogP contribution in [0.4, 0.5) is 5.69 Å². The molecule has 0 saturated carbocycles. The molecule has 0 aliphatic heterocycles. The second kappa shape index (κ2) is 6.61. The van der Waals surface area contributed by atoms with E-state index in [1.54, 1.807) is 25.3 Å². The predicted molar refractivity (Wildman–Crippen MR) is 80.8 cm³/mol. The maximum Gasteiger partial charge on any atom is 0.337 e. The van der Waals surface area contributed by atoms with E-state index in [0.29, 0.717) is 18.0 Å². The number of aromatic carboxylic acids is 1. The van der Waals surface area contributed by atoms with Gasteiger partial charge < -0.3 is 20.1 Å². The molecule has 0 fully saturated rings. The molecule has 0 bridgehead atoms. The van der Waals surface area contributed by atoms with E-state index < -0.39 is 5.97 Å². The standard InChI is InChI=1S/C15H24N2O3/c1-15(2,10-17(3)4)9-16-13-8-11(20-5)6-7-12(13)14(18)19/h6-8,16H,9-10H2,1-5H3,(H,18,19). The van der Waals surface area contributed by atoms with Crippen LogP contribution >= 0.6 is 0 Å². The molecule has 5 nitrogen and oxygen atoms in total. The van der Waals surface area contributed by atoms with E-state index in [0.717, 1.165) is 6.54 Å². The molecule has 0 aliphatic carbocycles. The zero-order valence-electron chi connectivity index (χ0n) is 12.9. The Kier molecular flexibility index (Phi) is 5.39. The van der Waals surface area contributed by atoms with E-state index in [9.17, 15) is 9.90 Å². The van der Waals surface area contributed by atoms with Crippen LogP contribution in [0.3, 0.4) is 0 Å². The van der Waals surface area contributed by atoms with Crippen molar-refractivity contribution in [2.75, 3.05) is 39.6 Å². The Morgan fingerprint density at radius 1 is 1.40 bits per heavy atom. The van der Waals surface area contributed by atoms with Crippen molar-refractivity contribution in [3.05, 3.63) is 23.8 Å². The maximum absolute atomic E-state index is 11.2. The first kappa shape index (κ1) is 16.3. The van der Waals surface area contributed by atoms with E-state index in [4.69, 9.17) is 4.74 Å². The normalized spacial score (nSPS) is 11.5. The fraction of sp³-hybridized carbons (Fsp3) is 0.533. The van der Waals surface area contributed by atoms with Crippen LogP contribution in [0.2, 0.25) is 0 Å². The lowest BCUT2D eigenvalue weighted by Gasteiger charge is -2.29. The number of hydrogen-bond donors (Lipinski definition) is 2. The molecule has 5 heteroatoms. The van der Waals surface area contributed by atoms with Crippen LogP contribution < -0.4 is 10.1 Å². The van der Waals surface area contributed by atoms with E-state index in [-0.39, 0.29) is 11.0 Å². The molecule has 0 radical (unpaired) electrons. The summed E-state index contributed by atoms with van der Waals surface area (Å²) in [7, 11) is 5.61. The first-order valence-electron chi connectivity index (χ1n) is 6.55. The minimum Gasteiger partial charge on any atom is -0.497 e. The molecule has 20 heavy (non-hydrogen) atoms. The fourth-order valence-corrected chi connectivity index (χ4v) is 2.23. The highest BCUT2D eigenvalue weighted by molar-refractivity contribution is 5.94. The molecular formula is C15H24N2O3. The van der Waals surface area contributed by atoms with Crippen molar-refractivity contribution in [1.29, 1.82) is 0 Å². The maximum atomic E-state index is 11.2. The van der Waals surface area contributed by atoms with Crippen LogP contribution in [-0.4, -0.2) is 50.3 Å². The molecule has 1 aromatic rings. The van der Waals surface area contributed by atoms with E-state index in [1.165, 1.54) is 0 Å². The van der Waals surface area contributed by atoms with Gasteiger partial charge in [0.25, 0.3) is 0 Å². The number of ether oxygens (including phenoxy) is 1. The number of hydrogen-bond acceptors (Lipinski definition) is 4. The molecule has 0 aromatic heterocycles. The SMILES string of the molecule is COc1ccc(C(=O)O)c(NCC(C)(C)CN(C)C)c1.